The lowest BCUT2D eigenvalue weighted by Gasteiger charge is -2.37. The molecule has 80 valence electrons. The van der Waals surface area contributed by atoms with Crippen molar-refractivity contribution in [2.45, 2.75) is 0 Å². The standard InChI is InChI=1S/C10H11ClN2O2/c11-10(14)12-6-7-13(15,8-12)9-4-2-1-3-5-9/h1-5H,6-8H2. The molecule has 0 aromatic heterocycles. The number of hydrogen-bond acceptors (Lipinski definition) is 2. The van der Waals surface area contributed by atoms with Gasteiger partial charge in [0.15, 0.2) is 6.67 Å². The summed E-state index contributed by atoms with van der Waals surface area (Å²) in [6, 6.07) is 9.04. The van der Waals surface area contributed by atoms with Crippen LogP contribution < -0.4 is 4.65 Å². The summed E-state index contributed by atoms with van der Waals surface area (Å²) in [6.07, 6.45) is 0. The maximum absolute atomic E-state index is 12.3. The van der Waals surface area contributed by atoms with Crippen LogP contribution in [0.25, 0.3) is 0 Å². The molecule has 1 aliphatic rings. The van der Waals surface area contributed by atoms with E-state index in [1.165, 1.54) is 4.90 Å². The second kappa shape index (κ2) is 3.81. The van der Waals surface area contributed by atoms with Crippen LogP contribution >= 0.6 is 11.6 Å². The van der Waals surface area contributed by atoms with Gasteiger partial charge in [0.25, 0.3) is 0 Å². The van der Waals surface area contributed by atoms with Gasteiger partial charge >= 0.3 is 5.37 Å². The van der Waals surface area contributed by atoms with Crippen molar-refractivity contribution in [3.05, 3.63) is 35.5 Å². The average molecular weight is 227 g/mol. The van der Waals surface area contributed by atoms with Gasteiger partial charge in [-0.05, 0) is 23.7 Å². The molecule has 0 saturated carbocycles. The van der Waals surface area contributed by atoms with E-state index in [-0.39, 0.29) is 6.67 Å². The fourth-order valence-electron chi connectivity index (χ4n) is 1.75. The third kappa shape index (κ3) is 1.97. The number of rotatable bonds is 1. The molecule has 15 heavy (non-hydrogen) atoms. The van der Waals surface area contributed by atoms with Crippen LogP contribution in [0.5, 0.6) is 0 Å². The summed E-state index contributed by atoms with van der Waals surface area (Å²) < 4.78 is -0.501. The van der Waals surface area contributed by atoms with Crippen LogP contribution in [-0.2, 0) is 0 Å². The first-order valence-corrected chi connectivity index (χ1v) is 5.08. The van der Waals surface area contributed by atoms with Gasteiger partial charge < -0.3 is 9.85 Å². The van der Waals surface area contributed by atoms with E-state index in [0.717, 1.165) is 0 Å². The minimum absolute atomic E-state index is 0.104. The highest BCUT2D eigenvalue weighted by Crippen LogP contribution is 2.26. The van der Waals surface area contributed by atoms with Gasteiger partial charge in [0.2, 0.25) is 0 Å². The zero-order chi connectivity index (χ0) is 10.9. The predicted molar refractivity (Wildman–Crippen MR) is 59.3 cm³/mol. The fraction of sp³-hybridized carbons (Fsp3) is 0.300. The Hall–Kier alpha value is -1.10. The first-order valence-electron chi connectivity index (χ1n) is 4.70. The molecule has 1 aliphatic heterocycles. The minimum Gasteiger partial charge on any atom is -0.626 e. The Kier molecular flexibility index (Phi) is 2.65. The molecule has 0 spiro atoms. The number of nitrogens with zero attached hydrogens (tertiary/aromatic N) is 2. The predicted octanol–water partition coefficient (Wildman–Crippen LogP) is 2.12. The molecule has 5 heteroatoms. The third-order valence-corrected chi connectivity index (χ3v) is 2.84. The number of benzene rings is 1. The number of carbonyl (C=O) groups excluding carboxylic acids is 1. The topological polar surface area (TPSA) is 43.4 Å². The first-order chi connectivity index (χ1) is 7.12. The Morgan fingerprint density at radius 1 is 1.40 bits per heavy atom. The maximum Gasteiger partial charge on any atom is 0.320 e. The van der Waals surface area contributed by atoms with E-state index in [1.807, 2.05) is 18.2 Å². The van der Waals surface area contributed by atoms with Crippen LogP contribution in [0.1, 0.15) is 0 Å². The first kappa shape index (κ1) is 10.4. The highest BCUT2D eigenvalue weighted by Gasteiger charge is 2.33. The van der Waals surface area contributed by atoms with Crippen molar-refractivity contribution in [2.24, 2.45) is 0 Å². The van der Waals surface area contributed by atoms with Crippen molar-refractivity contribution in [3.63, 3.8) is 0 Å². The van der Waals surface area contributed by atoms with E-state index in [4.69, 9.17) is 11.6 Å². The molecule has 4 nitrogen and oxygen atoms in total. The molecule has 1 fully saturated rings. The maximum atomic E-state index is 12.3. The second-order valence-electron chi connectivity index (χ2n) is 3.61. The monoisotopic (exact) mass is 226 g/mol. The van der Waals surface area contributed by atoms with Crippen LogP contribution in [0.4, 0.5) is 10.5 Å². The third-order valence-electron chi connectivity index (χ3n) is 2.61. The molecular weight excluding hydrogens is 216 g/mol. The van der Waals surface area contributed by atoms with Gasteiger partial charge in [-0.1, -0.05) is 18.2 Å². The number of hydrogen-bond donors (Lipinski definition) is 0. The van der Waals surface area contributed by atoms with Gasteiger partial charge in [0, 0.05) is 0 Å². The zero-order valence-electron chi connectivity index (χ0n) is 8.10. The van der Waals surface area contributed by atoms with Crippen molar-refractivity contribution in [1.29, 1.82) is 0 Å². The Balaban J connectivity index is 2.20. The summed E-state index contributed by atoms with van der Waals surface area (Å²) in [6.45, 7) is 0.884. The summed E-state index contributed by atoms with van der Waals surface area (Å²) in [4.78, 5) is 12.3. The van der Waals surface area contributed by atoms with Crippen LogP contribution in [0.15, 0.2) is 30.3 Å². The number of carbonyl (C=O) groups is 1. The molecule has 1 aromatic carbocycles. The summed E-state index contributed by atoms with van der Waals surface area (Å²) in [5.74, 6) is 0. The molecule has 1 atom stereocenters. The van der Waals surface area contributed by atoms with Gasteiger partial charge in [-0.3, -0.25) is 9.69 Å². The molecule has 1 amide bonds. The molecule has 0 bridgehead atoms. The van der Waals surface area contributed by atoms with Gasteiger partial charge in [-0.2, -0.15) is 0 Å². The SMILES string of the molecule is O=C(Cl)N1CC[N+]([O-])(c2ccccc2)C1. The van der Waals surface area contributed by atoms with Crippen molar-refractivity contribution in [1.82, 2.24) is 9.55 Å². The molecule has 1 heterocycles. The molecular formula is C10H11ClN2O2. The van der Waals surface area contributed by atoms with Crippen molar-refractivity contribution in [3.8, 4) is 0 Å². The molecule has 0 aliphatic carbocycles. The van der Waals surface area contributed by atoms with Gasteiger partial charge in [-0.25, -0.2) is 0 Å². The van der Waals surface area contributed by atoms with E-state index >= 15 is 0 Å². The van der Waals surface area contributed by atoms with E-state index in [0.29, 0.717) is 18.8 Å². The van der Waals surface area contributed by atoms with E-state index in [9.17, 15) is 10.0 Å². The Morgan fingerprint density at radius 2 is 2.07 bits per heavy atom. The summed E-state index contributed by atoms with van der Waals surface area (Å²) >= 11 is 5.34. The van der Waals surface area contributed by atoms with Gasteiger partial charge in [0.1, 0.15) is 12.2 Å². The highest BCUT2D eigenvalue weighted by molar-refractivity contribution is 6.62. The van der Waals surface area contributed by atoms with E-state index in [1.54, 1.807) is 12.1 Å². The molecule has 1 unspecified atom stereocenters. The Bertz CT molecular complexity index is 371. The lowest BCUT2D eigenvalue weighted by Crippen LogP contribution is -2.42. The van der Waals surface area contributed by atoms with Crippen LogP contribution in [-0.4, -0.2) is 30.0 Å². The lowest BCUT2D eigenvalue weighted by atomic mass is 10.3. The van der Waals surface area contributed by atoms with E-state index in [2.05, 4.69) is 0 Å². The molecule has 2 rings (SSSR count). The molecule has 1 aromatic rings. The quantitative estimate of drug-likeness (QED) is 0.319. The fourth-order valence-corrected chi connectivity index (χ4v) is 1.89. The molecule has 1 saturated heterocycles. The molecule has 0 N–H and O–H groups in total. The number of halogens is 1. The zero-order valence-corrected chi connectivity index (χ0v) is 8.85. The van der Waals surface area contributed by atoms with Gasteiger partial charge in [-0.15, -0.1) is 0 Å². The second-order valence-corrected chi connectivity index (χ2v) is 3.93. The van der Waals surface area contributed by atoms with Crippen LogP contribution in [0, 0.1) is 5.21 Å². The largest absolute Gasteiger partial charge is 0.626 e. The summed E-state index contributed by atoms with van der Waals surface area (Å²) in [7, 11) is 0. The van der Waals surface area contributed by atoms with Crippen LogP contribution in [0.3, 0.4) is 0 Å². The van der Waals surface area contributed by atoms with Crippen molar-refractivity contribution < 1.29 is 4.79 Å². The number of quaternary nitrogens is 1. The average Bonchev–Trinajstić information content (AvgIpc) is 2.64. The van der Waals surface area contributed by atoms with Crippen LogP contribution in [0.2, 0.25) is 0 Å². The highest BCUT2D eigenvalue weighted by atomic mass is 35.5. The van der Waals surface area contributed by atoms with Crippen molar-refractivity contribution >= 4 is 22.7 Å². The summed E-state index contributed by atoms with van der Waals surface area (Å²) in [5, 5.41) is 11.7. The Morgan fingerprint density at radius 3 is 2.60 bits per heavy atom. The smallest absolute Gasteiger partial charge is 0.320 e. The molecule has 0 radical (unpaired) electrons. The Labute approximate surface area is 92.8 Å². The lowest BCUT2D eigenvalue weighted by molar-refractivity contribution is 0.226. The number of para-hydroxylation sites is 1. The number of amides is 1. The summed E-state index contributed by atoms with van der Waals surface area (Å²) in [5.41, 5.74) is 0.665. The van der Waals surface area contributed by atoms with Gasteiger partial charge in [0.05, 0.1) is 6.54 Å². The minimum atomic E-state index is -0.554. The van der Waals surface area contributed by atoms with E-state index < -0.39 is 10.0 Å². The van der Waals surface area contributed by atoms with Crippen molar-refractivity contribution in [2.75, 3.05) is 19.8 Å². The number of hydroxylamine groups is 2. The normalized spacial score (nSPS) is 25.6.